The van der Waals surface area contributed by atoms with Crippen molar-refractivity contribution < 1.29 is 24.2 Å². The van der Waals surface area contributed by atoms with E-state index < -0.39 is 17.7 Å². The van der Waals surface area contributed by atoms with E-state index in [1.54, 1.807) is 54.6 Å². The highest BCUT2D eigenvalue weighted by atomic mass is 35.5. The van der Waals surface area contributed by atoms with Crippen LogP contribution in [0.4, 0.5) is 11.4 Å². The van der Waals surface area contributed by atoms with Crippen LogP contribution in [-0.2, 0) is 9.59 Å². The van der Waals surface area contributed by atoms with Crippen LogP contribution in [0, 0.1) is 0 Å². The Hall–Kier alpha value is -3.97. The number of hydrogen-bond acceptors (Lipinski definition) is 6. The highest BCUT2D eigenvalue weighted by Crippen LogP contribution is 2.44. The van der Waals surface area contributed by atoms with Crippen molar-refractivity contribution in [3.63, 3.8) is 0 Å². The van der Waals surface area contributed by atoms with Crippen LogP contribution >= 0.6 is 11.6 Å². The Morgan fingerprint density at radius 2 is 1.63 bits per heavy atom. The summed E-state index contributed by atoms with van der Waals surface area (Å²) in [6, 6.07) is 18.0. The van der Waals surface area contributed by atoms with E-state index in [9.17, 15) is 14.7 Å². The van der Waals surface area contributed by atoms with Crippen molar-refractivity contribution in [2.24, 2.45) is 0 Å². The summed E-state index contributed by atoms with van der Waals surface area (Å²) in [5.74, 6) is -0.914. The number of ketones is 1. The van der Waals surface area contributed by atoms with E-state index in [0.717, 1.165) is 5.69 Å². The first-order valence-corrected chi connectivity index (χ1v) is 11.2. The first-order valence-electron chi connectivity index (χ1n) is 10.8. The normalized spacial score (nSPS) is 16.9. The second-order valence-corrected chi connectivity index (χ2v) is 8.64. The third kappa shape index (κ3) is 4.42. The van der Waals surface area contributed by atoms with Gasteiger partial charge in [0.05, 0.1) is 25.8 Å². The van der Waals surface area contributed by atoms with Crippen molar-refractivity contribution in [2.45, 2.75) is 6.04 Å². The standard InChI is InChI=1S/C27H25ClN2O5/c1-29(2)19-9-11-20(12-10-19)30-24(16-8-13-21(34-3)22(15-16)35-4)23(26(32)27(30)33)25(31)17-6-5-7-18(28)14-17/h5-15,24,31H,1-4H3/b25-23-. The lowest BCUT2D eigenvalue weighted by molar-refractivity contribution is -0.132. The summed E-state index contributed by atoms with van der Waals surface area (Å²) in [5.41, 5.74) is 2.32. The summed E-state index contributed by atoms with van der Waals surface area (Å²) < 4.78 is 10.8. The lowest BCUT2D eigenvalue weighted by Crippen LogP contribution is -2.29. The minimum absolute atomic E-state index is 0.0406. The molecule has 1 aliphatic rings. The minimum atomic E-state index is -0.904. The molecule has 1 atom stereocenters. The number of carbonyl (C=O) groups excluding carboxylic acids is 2. The molecule has 3 aromatic rings. The van der Waals surface area contributed by atoms with Crippen molar-refractivity contribution in [3.05, 3.63) is 88.5 Å². The molecular formula is C27H25ClN2O5. The Labute approximate surface area is 208 Å². The number of Topliss-reactive ketones (excluding diaryl/α,β-unsaturated/α-hetero) is 1. The molecule has 0 radical (unpaired) electrons. The first-order chi connectivity index (χ1) is 16.8. The minimum Gasteiger partial charge on any atom is -0.507 e. The number of aliphatic hydroxyl groups is 1. The molecule has 1 unspecified atom stereocenters. The SMILES string of the molecule is COc1ccc(C2/C(=C(/O)c3cccc(Cl)c3)C(=O)C(=O)N2c2ccc(N(C)C)cc2)cc1OC. The molecule has 180 valence electrons. The Morgan fingerprint density at radius 3 is 2.23 bits per heavy atom. The van der Waals surface area contributed by atoms with Gasteiger partial charge in [0.2, 0.25) is 0 Å². The number of anilines is 2. The number of carbonyl (C=O) groups is 2. The number of methoxy groups -OCH3 is 2. The fourth-order valence-electron chi connectivity index (χ4n) is 4.14. The number of hydrogen-bond donors (Lipinski definition) is 1. The monoisotopic (exact) mass is 492 g/mol. The van der Waals surface area contributed by atoms with Gasteiger partial charge in [-0.05, 0) is 54.1 Å². The smallest absolute Gasteiger partial charge is 0.300 e. The van der Waals surface area contributed by atoms with E-state index in [1.807, 2.05) is 31.1 Å². The van der Waals surface area contributed by atoms with Crippen molar-refractivity contribution in [3.8, 4) is 11.5 Å². The van der Waals surface area contributed by atoms with Crippen LogP contribution in [-0.4, -0.2) is 45.1 Å². The largest absolute Gasteiger partial charge is 0.507 e. The Morgan fingerprint density at radius 1 is 0.943 bits per heavy atom. The van der Waals surface area contributed by atoms with Crippen molar-refractivity contribution >= 4 is 40.4 Å². The number of nitrogens with zero attached hydrogens (tertiary/aromatic N) is 2. The summed E-state index contributed by atoms with van der Waals surface area (Å²) in [5, 5.41) is 11.6. The number of amides is 1. The Kier molecular flexibility index (Phi) is 6.71. The molecule has 35 heavy (non-hydrogen) atoms. The molecule has 7 nitrogen and oxygen atoms in total. The topological polar surface area (TPSA) is 79.3 Å². The number of aliphatic hydroxyl groups excluding tert-OH is 1. The van der Waals surface area contributed by atoms with Crippen LogP contribution in [0.1, 0.15) is 17.2 Å². The van der Waals surface area contributed by atoms with Gasteiger partial charge in [-0.2, -0.15) is 0 Å². The fourth-order valence-corrected chi connectivity index (χ4v) is 4.33. The summed E-state index contributed by atoms with van der Waals surface area (Å²) in [4.78, 5) is 30.0. The average Bonchev–Trinajstić information content (AvgIpc) is 3.13. The van der Waals surface area contributed by atoms with E-state index in [-0.39, 0.29) is 11.3 Å². The molecule has 1 amide bonds. The number of ether oxygens (including phenoxy) is 2. The molecule has 8 heteroatoms. The predicted octanol–water partition coefficient (Wildman–Crippen LogP) is 5.05. The van der Waals surface area contributed by atoms with Crippen molar-refractivity contribution in [1.82, 2.24) is 0 Å². The third-order valence-corrected chi connectivity index (χ3v) is 6.15. The van der Waals surface area contributed by atoms with Gasteiger partial charge in [-0.3, -0.25) is 14.5 Å². The molecule has 1 heterocycles. The highest BCUT2D eigenvalue weighted by molar-refractivity contribution is 6.51. The van der Waals surface area contributed by atoms with Crippen LogP contribution in [0.15, 0.2) is 72.3 Å². The molecule has 0 aliphatic carbocycles. The number of halogens is 1. The molecule has 1 fully saturated rings. The van der Waals surface area contributed by atoms with Crippen molar-refractivity contribution in [1.29, 1.82) is 0 Å². The number of benzene rings is 3. The van der Waals surface area contributed by atoms with Crippen LogP contribution in [0.3, 0.4) is 0 Å². The molecule has 1 N–H and O–H groups in total. The van der Waals surface area contributed by atoms with E-state index >= 15 is 0 Å². The molecule has 0 spiro atoms. The zero-order chi connectivity index (χ0) is 25.3. The van der Waals surface area contributed by atoms with Gasteiger partial charge in [-0.25, -0.2) is 0 Å². The lowest BCUT2D eigenvalue weighted by Gasteiger charge is -2.26. The lowest BCUT2D eigenvalue weighted by atomic mass is 9.94. The van der Waals surface area contributed by atoms with Crippen LogP contribution < -0.4 is 19.3 Å². The van der Waals surface area contributed by atoms with Gasteiger partial charge in [0.1, 0.15) is 5.76 Å². The van der Waals surface area contributed by atoms with Gasteiger partial charge in [0, 0.05) is 36.1 Å². The average molecular weight is 493 g/mol. The summed E-state index contributed by atoms with van der Waals surface area (Å²) >= 11 is 6.12. The molecule has 0 bridgehead atoms. The molecular weight excluding hydrogens is 468 g/mol. The van der Waals surface area contributed by atoms with E-state index in [2.05, 4.69) is 0 Å². The summed E-state index contributed by atoms with van der Waals surface area (Å²) in [6.07, 6.45) is 0. The van der Waals surface area contributed by atoms with Gasteiger partial charge in [-0.15, -0.1) is 0 Å². The van der Waals surface area contributed by atoms with Gasteiger partial charge in [-0.1, -0.05) is 29.8 Å². The first kappa shape index (κ1) is 24.2. The van der Waals surface area contributed by atoms with Gasteiger partial charge >= 0.3 is 0 Å². The second kappa shape index (κ2) is 9.72. The van der Waals surface area contributed by atoms with Crippen LogP contribution in [0.5, 0.6) is 11.5 Å². The maximum absolute atomic E-state index is 13.3. The number of rotatable bonds is 6. The van der Waals surface area contributed by atoms with E-state index in [4.69, 9.17) is 21.1 Å². The third-order valence-electron chi connectivity index (χ3n) is 5.91. The quantitative estimate of drug-likeness (QED) is 0.295. The second-order valence-electron chi connectivity index (χ2n) is 8.20. The van der Waals surface area contributed by atoms with Gasteiger partial charge in [0.25, 0.3) is 11.7 Å². The summed E-state index contributed by atoms with van der Waals surface area (Å²) in [7, 11) is 6.85. The Bertz CT molecular complexity index is 1320. The zero-order valence-electron chi connectivity index (χ0n) is 19.8. The van der Waals surface area contributed by atoms with E-state index in [0.29, 0.717) is 33.3 Å². The van der Waals surface area contributed by atoms with Crippen LogP contribution in [0.2, 0.25) is 5.02 Å². The molecule has 1 saturated heterocycles. The summed E-state index contributed by atoms with van der Waals surface area (Å²) in [6.45, 7) is 0. The van der Waals surface area contributed by atoms with Gasteiger partial charge < -0.3 is 19.5 Å². The fraction of sp³-hybridized carbons (Fsp3) is 0.185. The van der Waals surface area contributed by atoms with Gasteiger partial charge in [0.15, 0.2) is 11.5 Å². The predicted molar refractivity (Wildman–Crippen MR) is 137 cm³/mol. The molecule has 1 aliphatic heterocycles. The molecule has 0 aromatic heterocycles. The maximum Gasteiger partial charge on any atom is 0.300 e. The maximum atomic E-state index is 13.3. The highest BCUT2D eigenvalue weighted by Gasteiger charge is 2.47. The van der Waals surface area contributed by atoms with E-state index in [1.165, 1.54) is 19.1 Å². The zero-order valence-corrected chi connectivity index (χ0v) is 20.5. The molecule has 0 saturated carbocycles. The van der Waals surface area contributed by atoms with Crippen LogP contribution in [0.25, 0.3) is 5.76 Å². The van der Waals surface area contributed by atoms with Crippen molar-refractivity contribution in [2.75, 3.05) is 38.1 Å². The molecule has 4 rings (SSSR count). The molecule has 3 aromatic carbocycles. The Balaban J connectivity index is 1.95.